The van der Waals surface area contributed by atoms with Crippen molar-refractivity contribution in [3.05, 3.63) is 29.9 Å². The summed E-state index contributed by atoms with van der Waals surface area (Å²) < 4.78 is 6.68. The van der Waals surface area contributed by atoms with Gasteiger partial charge in [0.05, 0.1) is 11.9 Å². The summed E-state index contributed by atoms with van der Waals surface area (Å²) in [4.78, 5) is 0. The van der Waals surface area contributed by atoms with Gasteiger partial charge in [-0.25, -0.2) is 4.68 Å². The first-order valence-corrected chi connectivity index (χ1v) is 3.61. The quantitative estimate of drug-likeness (QED) is 0.653. The van der Waals surface area contributed by atoms with Crippen molar-refractivity contribution in [2.24, 2.45) is 0 Å². The Balaban J connectivity index is 2.14. The van der Waals surface area contributed by atoms with E-state index in [1.807, 2.05) is 13.0 Å². The molecule has 0 radical (unpaired) electrons. The van der Waals surface area contributed by atoms with E-state index in [0.29, 0.717) is 6.54 Å². The first-order chi connectivity index (χ1) is 5.84. The van der Waals surface area contributed by atoms with Gasteiger partial charge in [-0.3, -0.25) is 0 Å². The molecule has 0 spiro atoms. The summed E-state index contributed by atoms with van der Waals surface area (Å²) in [6.07, 6.45) is 3.40. The average molecular weight is 164 g/mol. The van der Waals surface area contributed by atoms with Gasteiger partial charge in [0.2, 0.25) is 0 Å². The van der Waals surface area contributed by atoms with E-state index in [1.165, 1.54) is 0 Å². The van der Waals surface area contributed by atoms with Crippen molar-refractivity contribution in [3.8, 4) is 0 Å². The van der Waals surface area contributed by atoms with Crippen LogP contribution in [0.3, 0.4) is 0 Å². The highest BCUT2D eigenvalue weighted by Gasteiger charge is 2.00. The highest BCUT2D eigenvalue weighted by molar-refractivity contribution is 5.02. The Hall–Kier alpha value is -1.65. The summed E-state index contributed by atoms with van der Waals surface area (Å²) in [5.74, 6) is 0.790. The van der Waals surface area contributed by atoms with E-state index in [0.717, 1.165) is 11.5 Å². The van der Waals surface area contributed by atoms with Gasteiger partial charge in [0, 0.05) is 12.3 Å². The molecule has 62 valence electrons. The molecule has 0 N–H and O–H groups in total. The molecule has 0 saturated carbocycles. The lowest BCUT2D eigenvalue weighted by atomic mass is 10.4. The molecule has 0 atom stereocenters. The molecule has 0 aliphatic rings. The Morgan fingerprint density at radius 3 is 3.08 bits per heavy atom. The van der Waals surface area contributed by atoms with Crippen LogP contribution < -0.4 is 0 Å². The minimum Gasteiger partial charge on any atom is -0.359 e. The molecule has 12 heavy (non-hydrogen) atoms. The van der Waals surface area contributed by atoms with Crippen molar-refractivity contribution >= 4 is 0 Å². The highest BCUT2D eigenvalue weighted by Crippen LogP contribution is 2.02. The molecule has 2 rings (SSSR count). The molecular weight excluding hydrogens is 156 g/mol. The minimum absolute atomic E-state index is 0.584. The van der Waals surface area contributed by atoms with E-state index in [1.54, 1.807) is 17.1 Å². The monoisotopic (exact) mass is 164 g/mol. The van der Waals surface area contributed by atoms with Crippen molar-refractivity contribution < 1.29 is 4.52 Å². The first-order valence-electron chi connectivity index (χ1n) is 3.61. The number of aromatic nitrogens is 4. The molecule has 0 unspecified atom stereocenters. The Labute approximate surface area is 69.0 Å². The van der Waals surface area contributed by atoms with E-state index in [9.17, 15) is 0 Å². The molecule has 0 saturated heterocycles. The van der Waals surface area contributed by atoms with Crippen LogP contribution in [0.4, 0.5) is 0 Å². The van der Waals surface area contributed by atoms with Crippen LogP contribution in [0.5, 0.6) is 0 Å². The topological polar surface area (TPSA) is 56.7 Å². The molecule has 2 aromatic rings. The summed E-state index contributed by atoms with van der Waals surface area (Å²) >= 11 is 0. The number of hydrogen-bond acceptors (Lipinski definition) is 4. The van der Waals surface area contributed by atoms with Crippen molar-refractivity contribution in [1.29, 1.82) is 0 Å². The zero-order chi connectivity index (χ0) is 8.39. The molecule has 0 aliphatic heterocycles. The third kappa shape index (κ3) is 1.34. The summed E-state index contributed by atoms with van der Waals surface area (Å²) in [6, 6.07) is 1.88. The fourth-order valence-corrected chi connectivity index (χ4v) is 0.968. The zero-order valence-electron chi connectivity index (χ0n) is 6.64. The zero-order valence-corrected chi connectivity index (χ0v) is 6.64. The lowest BCUT2D eigenvalue weighted by Gasteiger charge is -1.92. The third-order valence-electron chi connectivity index (χ3n) is 1.47. The van der Waals surface area contributed by atoms with Crippen molar-refractivity contribution in [3.63, 3.8) is 0 Å². The van der Waals surface area contributed by atoms with E-state index < -0.39 is 0 Å². The Kier molecular flexibility index (Phi) is 1.62. The molecule has 0 aliphatic carbocycles. The van der Waals surface area contributed by atoms with Gasteiger partial charge >= 0.3 is 0 Å². The van der Waals surface area contributed by atoms with Crippen LogP contribution in [-0.4, -0.2) is 20.2 Å². The Morgan fingerprint density at radius 2 is 2.50 bits per heavy atom. The Bertz CT molecular complexity index is 351. The lowest BCUT2D eigenvalue weighted by molar-refractivity contribution is 0.367. The molecule has 2 aromatic heterocycles. The van der Waals surface area contributed by atoms with Gasteiger partial charge in [-0.2, -0.15) is 0 Å². The second kappa shape index (κ2) is 2.77. The predicted octanol–water partition coefficient (Wildman–Crippen LogP) is 0.623. The molecule has 0 bridgehead atoms. The van der Waals surface area contributed by atoms with E-state index in [-0.39, 0.29) is 0 Å². The van der Waals surface area contributed by atoms with Crippen LogP contribution in [0.25, 0.3) is 0 Å². The summed E-state index contributed by atoms with van der Waals surface area (Å²) in [6.45, 7) is 2.47. The molecule has 2 heterocycles. The molecule has 0 amide bonds. The van der Waals surface area contributed by atoms with Crippen LogP contribution in [0, 0.1) is 6.92 Å². The Morgan fingerprint density at radius 1 is 1.58 bits per heavy atom. The van der Waals surface area contributed by atoms with Crippen LogP contribution in [0.2, 0.25) is 0 Å². The fourth-order valence-electron chi connectivity index (χ4n) is 0.968. The maximum absolute atomic E-state index is 5.00. The standard InChI is InChI=1S/C7H8N4O/c1-6-4-7(12-9-6)5-11-3-2-8-10-11/h2-4H,5H2,1H3. The maximum atomic E-state index is 5.00. The van der Waals surface area contributed by atoms with Gasteiger partial charge in [-0.15, -0.1) is 5.10 Å². The van der Waals surface area contributed by atoms with Gasteiger partial charge in [0.1, 0.15) is 6.54 Å². The number of rotatable bonds is 2. The van der Waals surface area contributed by atoms with Gasteiger partial charge in [0.25, 0.3) is 0 Å². The first kappa shape index (κ1) is 7.02. The summed E-state index contributed by atoms with van der Waals surface area (Å²) in [5, 5.41) is 11.2. The van der Waals surface area contributed by atoms with Crippen LogP contribution >= 0.6 is 0 Å². The maximum Gasteiger partial charge on any atom is 0.158 e. The third-order valence-corrected chi connectivity index (χ3v) is 1.47. The highest BCUT2D eigenvalue weighted by atomic mass is 16.5. The smallest absolute Gasteiger partial charge is 0.158 e. The summed E-state index contributed by atoms with van der Waals surface area (Å²) in [5.41, 5.74) is 0.880. The van der Waals surface area contributed by atoms with Crippen LogP contribution in [0.15, 0.2) is 23.0 Å². The van der Waals surface area contributed by atoms with Crippen molar-refractivity contribution in [2.45, 2.75) is 13.5 Å². The van der Waals surface area contributed by atoms with Gasteiger partial charge in [0.15, 0.2) is 5.76 Å². The largest absolute Gasteiger partial charge is 0.359 e. The number of nitrogens with zero attached hydrogens (tertiary/aromatic N) is 4. The van der Waals surface area contributed by atoms with E-state index in [2.05, 4.69) is 15.5 Å². The van der Waals surface area contributed by atoms with E-state index in [4.69, 9.17) is 4.52 Å². The SMILES string of the molecule is Cc1cc(Cn2ccnn2)on1. The average Bonchev–Trinajstić information content (AvgIpc) is 2.63. The van der Waals surface area contributed by atoms with E-state index >= 15 is 0 Å². The molecule has 0 aromatic carbocycles. The second-order valence-electron chi connectivity index (χ2n) is 2.54. The van der Waals surface area contributed by atoms with Crippen LogP contribution in [-0.2, 0) is 6.54 Å². The van der Waals surface area contributed by atoms with Crippen molar-refractivity contribution in [2.75, 3.05) is 0 Å². The minimum atomic E-state index is 0.584. The van der Waals surface area contributed by atoms with Gasteiger partial charge in [-0.1, -0.05) is 10.4 Å². The van der Waals surface area contributed by atoms with Gasteiger partial charge in [-0.05, 0) is 6.92 Å². The van der Waals surface area contributed by atoms with Crippen molar-refractivity contribution in [1.82, 2.24) is 20.2 Å². The molecular formula is C7H8N4O. The lowest BCUT2D eigenvalue weighted by Crippen LogP contribution is -1.98. The fraction of sp³-hybridized carbons (Fsp3) is 0.286. The predicted molar refractivity (Wildman–Crippen MR) is 40.4 cm³/mol. The van der Waals surface area contributed by atoms with Gasteiger partial charge < -0.3 is 4.52 Å². The molecule has 0 fully saturated rings. The van der Waals surface area contributed by atoms with Crippen LogP contribution in [0.1, 0.15) is 11.5 Å². The molecule has 5 heteroatoms. The normalized spacial score (nSPS) is 10.4. The number of hydrogen-bond donors (Lipinski definition) is 0. The number of aryl methyl sites for hydroxylation is 1. The molecule has 5 nitrogen and oxygen atoms in total. The summed E-state index contributed by atoms with van der Waals surface area (Å²) in [7, 11) is 0. The second-order valence-corrected chi connectivity index (χ2v) is 2.54.